The zero-order chi connectivity index (χ0) is 16.5. The molecule has 0 amide bonds. The van der Waals surface area contributed by atoms with Gasteiger partial charge in [-0.15, -0.1) is 5.10 Å². The van der Waals surface area contributed by atoms with E-state index in [1.165, 1.54) is 11.8 Å². The number of methoxy groups -OCH3 is 1. The molecule has 6 nitrogen and oxygen atoms in total. The second kappa shape index (κ2) is 9.32. The Morgan fingerprint density at radius 2 is 2.09 bits per heavy atom. The quantitative estimate of drug-likeness (QED) is 0.410. The third-order valence-corrected chi connectivity index (χ3v) is 4.39. The predicted molar refractivity (Wildman–Crippen MR) is 90.1 cm³/mol. The van der Waals surface area contributed by atoms with E-state index >= 15 is 0 Å². The van der Waals surface area contributed by atoms with E-state index in [0.717, 1.165) is 24.2 Å². The molecule has 0 spiro atoms. The SMILES string of the molecule is COCCCn1c(SCCCC(=O)c2ccccc2)n[nH]c1=O. The van der Waals surface area contributed by atoms with Crippen molar-refractivity contribution in [2.24, 2.45) is 0 Å². The molecule has 0 aliphatic heterocycles. The molecule has 2 rings (SSSR count). The van der Waals surface area contributed by atoms with Crippen LogP contribution in [0.3, 0.4) is 0 Å². The zero-order valence-electron chi connectivity index (χ0n) is 13.2. The molecule has 0 fully saturated rings. The summed E-state index contributed by atoms with van der Waals surface area (Å²) >= 11 is 1.49. The van der Waals surface area contributed by atoms with Crippen LogP contribution >= 0.6 is 11.8 Å². The molecule has 124 valence electrons. The van der Waals surface area contributed by atoms with Gasteiger partial charge >= 0.3 is 5.69 Å². The van der Waals surface area contributed by atoms with Crippen LogP contribution in [-0.4, -0.2) is 40.0 Å². The van der Waals surface area contributed by atoms with Crippen LogP contribution in [0.4, 0.5) is 0 Å². The lowest BCUT2D eigenvalue weighted by Crippen LogP contribution is -2.18. The summed E-state index contributed by atoms with van der Waals surface area (Å²) in [6.45, 7) is 1.18. The first-order valence-corrected chi connectivity index (χ1v) is 8.56. The van der Waals surface area contributed by atoms with Crippen LogP contribution < -0.4 is 5.69 Å². The molecule has 23 heavy (non-hydrogen) atoms. The van der Waals surface area contributed by atoms with Crippen molar-refractivity contribution in [3.8, 4) is 0 Å². The van der Waals surface area contributed by atoms with E-state index in [1.807, 2.05) is 30.3 Å². The molecular formula is C16H21N3O3S. The summed E-state index contributed by atoms with van der Waals surface area (Å²) in [6.07, 6.45) is 2.00. The minimum absolute atomic E-state index is 0.144. The molecule has 1 heterocycles. The van der Waals surface area contributed by atoms with Crippen molar-refractivity contribution >= 4 is 17.5 Å². The number of rotatable bonds is 10. The van der Waals surface area contributed by atoms with E-state index < -0.39 is 0 Å². The van der Waals surface area contributed by atoms with E-state index in [2.05, 4.69) is 10.2 Å². The van der Waals surface area contributed by atoms with Gasteiger partial charge in [0.2, 0.25) is 0 Å². The lowest BCUT2D eigenvalue weighted by atomic mass is 10.1. The third kappa shape index (κ3) is 5.37. The predicted octanol–water partition coefficient (Wildman–Crippen LogP) is 2.36. The van der Waals surface area contributed by atoms with Gasteiger partial charge in [0.25, 0.3) is 0 Å². The summed E-state index contributed by atoms with van der Waals surface area (Å²) in [4.78, 5) is 23.7. The van der Waals surface area contributed by atoms with Crippen molar-refractivity contribution in [1.82, 2.24) is 14.8 Å². The molecule has 2 aromatic rings. The summed E-state index contributed by atoms with van der Waals surface area (Å²) in [7, 11) is 1.64. The Morgan fingerprint density at radius 3 is 2.83 bits per heavy atom. The first-order valence-electron chi connectivity index (χ1n) is 7.57. The van der Waals surface area contributed by atoms with E-state index in [-0.39, 0.29) is 11.5 Å². The fraction of sp³-hybridized carbons (Fsp3) is 0.438. The molecule has 0 saturated carbocycles. The van der Waals surface area contributed by atoms with Crippen LogP contribution in [0.15, 0.2) is 40.3 Å². The van der Waals surface area contributed by atoms with Crippen LogP contribution in [-0.2, 0) is 11.3 Å². The van der Waals surface area contributed by atoms with E-state index in [4.69, 9.17) is 4.74 Å². The molecule has 1 aromatic heterocycles. The Labute approximate surface area is 139 Å². The highest BCUT2D eigenvalue weighted by Crippen LogP contribution is 2.16. The minimum Gasteiger partial charge on any atom is -0.385 e. The number of carbonyl (C=O) groups excluding carboxylic acids is 1. The van der Waals surface area contributed by atoms with Gasteiger partial charge in [-0.05, 0) is 12.8 Å². The van der Waals surface area contributed by atoms with Gasteiger partial charge in [-0.2, -0.15) is 0 Å². The highest BCUT2D eigenvalue weighted by atomic mass is 32.2. The number of ether oxygens (including phenoxy) is 1. The molecule has 0 atom stereocenters. The monoisotopic (exact) mass is 335 g/mol. The van der Waals surface area contributed by atoms with Crippen molar-refractivity contribution in [2.75, 3.05) is 19.5 Å². The molecule has 0 aliphatic rings. The summed E-state index contributed by atoms with van der Waals surface area (Å²) < 4.78 is 6.61. The molecule has 0 unspecified atom stereocenters. The fourth-order valence-electron chi connectivity index (χ4n) is 2.14. The number of benzene rings is 1. The Bertz CT molecular complexity index is 667. The van der Waals surface area contributed by atoms with Crippen molar-refractivity contribution in [3.05, 3.63) is 46.4 Å². The molecule has 1 aromatic carbocycles. The van der Waals surface area contributed by atoms with Crippen molar-refractivity contribution in [1.29, 1.82) is 0 Å². The molecule has 0 bridgehead atoms. The lowest BCUT2D eigenvalue weighted by Gasteiger charge is -2.05. The first-order chi connectivity index (χ1) is 11.2. The Kier molecular flexibility index (Phi) is 7.09. The number of ketones is 1. The number of hydrogen-bond donors (Lipinski definition) is 1. The van der Waals surface area contributed by atoms with Gasteiger partial charge in [-0.1, -0.05) is 42.1 Å². The summed E-state index contributed by atoms with van der Waals surface area (Å²) in [5.41, 5.74) is 0.540. The van der Waals surface area contributed by atoms with Gasteiger partial charge < -0.3 is 4.74 Å². The van der Waals surface area contributed by atoms with Gasteiger partial charge in [-0.3, -0.25) is 9.36 Å². The van der Waals surface area contributed by atoms with E-state index in [1.54, 1.807) is 11.7 Å². The van der Waals surface area contributed by atoms with Crippen LogP contribution in [0.1, 0.15) is 29.6 Å². The highest BCUT2D eigenvalue weighted by Gasteiger charge is 2.09. The number of nitrogens with one attached hydrogen (secondary N) is 1. The number of H-pyrrole nitrogens is 1. The lowest BCUT2D eigenvalue weighted by molar-refractivity contribution is 0.0982. The maximum absolute atomic E-state index is 12.0. The maximum atomic E-state index is 12.0. The smallest absolute Gasteiger partial charge is 0.343 e. The molecule has 0 aliphatic carbocycles. The molecular weight excluding hydrogens is 314 g/mol. The van der Waals surface area contributed by atoms with Gasteiger partial charge in [-0.25, -0.2) is 9.89 Å². The van der Waals surface area contributed by atoms with Gasteiger partial charge in [0.15, 0.2) is 10.9 Å². The third-order valence-electron chi connectivity index (χ3n) is 3.33. The van der Waals surface area contributed by atoms with Crippen LogP contribution in [0.2, 0.25) is 0 Å². The topological polar surface area (TPSA) is 77.0 Å². The second-order valence-corrected chi connectivity index (χ2v) is 6.11. The van der Waals surface area contributed by atoms with E-state index in [0.29, 0.717) is 24.7 Å². The number of aromatic nitrogens is 3. The van der Waals surface area contributed by atoms with Gasteiger partial charge in [0, 0.05) is 38.0 Å². The number of aromatic amines is 1. The van der Waals surface area contributed by atoms with Crippen molar-refractivity contribution in [2.45, 2.75) is 31.0 Å². The minimum atomic E-state index is -0.205. The Balaban J connectivity index is 1.78. The normalized spacial score (nSPS) is 10.8. The summed E-state index contributed by atoms with van der Waals surface area (Å²) in [5.74, 6) is 0.887. The summed E-state index contributed by atoms with van der Waals surface area (Å²) in [5, 5.41) is 7.17. The van der Waals surface area contributed by atoms with Crippen molar-refractivity contribution < 1.29 is 9.53 Å². The van der Waals surface area contributed by atoms with Crippen LogP contribution in [0.5, 0.6) is 0 Å². The number of hydrogen-bond acceptors (Lipinski definition) is 5. The fourth-order valence-corrected chi connectivity index (χ4v) is 3.05. The number of nitrogens with zero attached hydrogens (tertiary/aromatic N) is 2. The van der Waals surface area contributed by atoms with Crippen LogP contribution in [0, 0.1) is 0 Å². The number of Topliss-reactive ketones (excluding diaryl/α,β-unsaturated/α-hetero) is 1. The zero-order valence-corrected chi connectivity index (χ0v) is 14.0. The standard InChI is InChI=1S/C16H21N3O3S/c1-22-11-6-10-19-15(21)17-18-16(19)23-12-5-9-14(20)13-7-3-2-4-8-13/h2-4,7-8H,5-6,9-12H2,1H3,(H,17,21). The average molecular weight is 335 g/mol. The molecule has 0 saturated heterocycles. The van der Waals surface area contributed by atoms with Crippen LogP contribution in [0.25, 0.3) is 0 Å². The van der Waals surface area contributed by atoms with E-state index in [9.17, 15) is 9.59 Å². The largest absolute Gasteiger partial charge is 0.385 e. The highest BCUT2D eigenvalue weighted by molar-refractivity contribution is 7.99. The summed E-state index contributed by atoms with van der Waals surface area (Å²) in [6, 6.07) is 9.29. The number of carbonyl (C=O) groups is 1. The molecule has 1 N–H and O–H groups in total. The number of thioether (sulfide) groups is 1. The second-order valence-electron chi connectivity index (χ2n) is 5.05. The Morgan fingerprint density at radius 1 is 1.30 bits per heavy atom. The van der Waals surface area contributed by atoms with Gasteiger partial charge in [0.05, 0.1) is 0 Å². The van der Waals surface area contributed by atoms with Gasteiger partial charge in [0.1, 0.15) is 0 Å². The molecule has 0 radical (unpaired) electrons. The average Bonchev–Trinajstić information content (AvgIpc) is 2.93. The Hall–Kier alpha value is -1.86. The maximum Gasteiger partial charge on any atom is 0.343 e. The molecule has 7 heteroatoms. The van der Waals surface area contributed by atoms with Crippen molar-refractivity contribution in [3.63, 3.8) is 0 Å². The first kappa shape index (κ1) is 17.5.